The van der Waals surface area contributed by atoms with Gasteiger partial charge in [-0.25, -0.2) is 0 Å². The molecule has 0 saturated carbocycles. The largest absolute Gasteiger partial charge is 0.483 e. The number of nitrogens with one attached hydrogen (secondary N) is 1. The monoisotopic (exact) mass is 424 g/mol. The Labute approximate surface area is 165 Å². The minimum atomic E-state index is -0.282. The van der Waals surface area contributed by atoms with Crippen molar-refractivity contribution in [2.24, 2.45) is 0 Å². The fourth-order valence-electron chi connectivity index (χ4n) is 2.53. The number of nitrogens with zero attached hydrogens (tertiary/aromatic N) is 1. The van der Waals surface area contributed by atoms with Crippen molar-refractivity contribution in [1.82, 2.24) is 4.98 Å². The molecule has 0 unspecified atom stereocenters. The number of amides is 1. The number of rotatable bonds is 6. The highest BCUT2D eigenvalue weighted by atomic mass is 79.9. The van der Waals surface area contributed by atoms with Gasteiger partial charge in [-0.1, -0.05) is 28.1 Å². The molecule has 0 saturated heterocycles. The minimum absolute atomic E-state index is 0.0774. The van der Waals surface area contributed by atoms with Crippen LogP contribution in [0.5, 0.6) is 5.75 Å². The van der Waals surface area contributed by atoms with Crippen molar-refractivity contribution in [3.05, 3.63) is 88.2 Å². The van der Waals surface area contributed by atoms with Gasteiger partial charge < -0.3 is 10.1 Å². The van der Waals surface area contributed by atoms with Gasteiger partial charge in [0.2, 0.25) is 0 Å². The van der Waals surface area contributed by atoms with Crippen LogP contribution in [-0.4, -0.2) is 23.3 Å². The molecule has 0 atom stereocenters. The van der Waals surface area contributed by atoms with E-state index in [9.17, 15) is 9.59 Å². The fourth-order valence-corrected chi connectivity index (χ4v) is 3.00. The van der Waals surface area contributed by atoms with E-state index in [1.165, 1.54) is 0 Å². The van der Waals surface area contributed by atoms with Crippen molar-refractivity contribution in [2.45, 2.75) is 6.92 Å². The Hall–Kier alpha value is -2.99. The highest BCUT2D eigenvalue weighted by Crippen LogP contribution is 2.24. The molecule has 3 aromatic rings. The molecule has 0 aliphatic heterocycles. The summed E-state index contributed by atoms with van der Waals surface area (Å²) in [5.41, 5.74) is 2.55. The normalized spacial score (nSPS) is 10.3. The highest BCUT2D eigenvalue weighted by Gasteiger charge is 2.14. The first-order chi connectivity index (χ1) is 13.0. The van der Waals surface area contributed by atoms with Crippen molar-refractivity contribution in [3.63, 3.8) is 0 Å². The molecule has 136 valence electrons. The molecule has 2 aromatic carbocycles. The molecular formula is C21H17BrN2O3. The van der Waals surface area contributed by atoms with Gasteiger partial charge in [0.05, 0.1) is 11.9 Å². The maximum atomic E-state index is 12.7. The second-order valence-electron chi connectivity index (χ2n) is 5.87. The Kier molecular flexibility index (Phi) is 5.98. The standard InChI is InChI=1S/C21H17BrN2O3/c1-14-11-15(21(26)17-6-2-3-7-18(17)22)8-9-19(14)27-13-20(25)24-16-5-4-10-23-12-16/h2-12H,13H2,1H3,(H,24,25). The predicted octanol–water partition coefficient (Wildman–Crippen LogP) is 4.40. The van der Waals surface area contributed by atoms with E-state index in [1.807, 2.05) is 25.1 Å². The molecule has 6 heteroatoms. The van der Waals surface area contributed by atoms with Crippen LogP contribution in [0.3, 0.4) is 0 Å². The number of benzene rings is 2. The average Bonchev–Trinajstić information content (AvgIpc) is 2.67. The molecule has 1 heterocycles. The number of pyridine rings is 1. The maximum Gasteiger partial charge on any atom is 0.262 e. The Morgan fingerprint density at radius 2 is 1.93 bits per heavy atom. The highest BCUT2D eigenvalue weighted by molar-refractivity contribution is 9.10. The van der Waals surface area contributed by atoms with Gasteiger partial charge in [0.1, 0.15) is 5.75 Å². The van der Waals surface area contributed by atoms with Crippen LogP contribution in [0, 0.1) is 6.92 Å². The predicted molar refractivity (Wildman–Crippen MR) is 107 cm³/mol. The second kappa shape index (κ2) is 8.60. The van der Waals surface area contributed by atoms with Crippen LogP contribution in [0.25, 0.3) is 0 Å². The third-order valence-corrected chi connectivity index (χ3v) is 4.55. The Morgan fingerprint density at radius 3 is 2.63 bits per heavy atom. The molecule has 0 spiro atoms. The van der Waals surface area contributed by atoms with Gasteiger partial charge in [-0.05, 0) is 55.0 Å². The van der Waals surface area contributed by atoms with E-state index in [2.05, 4.69) is 26.2 Å². The summed E-state index contributed by atoms with van der Waals surface area (Å²) >= 11 is 3.40. The van der Waals surface area contributed by atoms with Crippen LogP contribution in [0.4, 0.5) is 5.69 Å². The lowest BCUT2D eigenvalue weighted by molar-refractivity contribution is -0.118. The summed E-state index contributed by atoms with van der Waals surface area (Å²) in [6.07, 6.45) is 3.19. The molecule has 0 aliphatic rings. The van der Waals surface area contributed by atoms with Gasteiger partial charge >= 0.3 is 0 Å². The van der Waals surface area contributed by atoms with Crippen LogP contribution in [-0.2, 0) is 4.79 Å². The lowest BCUT2D eigenvalue weighted by Crippen LogP contribution is -2.20. The van der Waals surface area contributed by atoms with E-state index >= 15 is 0 Å². The lowest BCUT2D eigenvalue weighted by Gasteiger charge is -2.11. The summed E-state index contributed by atoms with van der Waals surface area (Å²) in [6.45, 7) is 1.71. The van der Waals surface area contributed by atoms with E-state index in [1.54, 1.807) is 48.8 Å². The molecular weight excluding hydrogens is 408 g/mol. The average molecular weight is 425 g/mol. The van der Waals surface area contributed by atoms with E-state index in [0.29, 0.717) is 22.6 Å². The number of anilines is 1. The van der Waals surface area contributed by atoms with Gasteiger partial charge in [0.15, 0.2) is 12.4 Å². The van der Waals surface area contributed by atoms with Crippen LogP contribution >= 0.6 is 15.9 Å². The number of hydrogen-bond donors (Lipinski definition) is 1. The van der Waals surface area contributed by atoms with E-state index in [0.717, 1.165) is 10.0 Å². The number of aryl methyl sites for hydroxylation is 1. The molecule has 27 heavy (non-hydrogen) atoms. The summed E-state index contributed by atoms with van der Waals surface area (Å²) in [6, 6.07) is 15.9. The fraction of sp³-hybridized carbons (Fsp3) is 0.0952. The summed E-state index contributed by atoms with van der Waals surface area (Å²) in [5, 5.41) is 2.70. The SMILES string of the molecule is Cc1cc(C(=O)c2ccccc2Br)ccc1OCC(=O)Nc1cccnc1. The molecule has 5 nitrogen and oxygen atoms in total. The van der Waals surface area contributed by atoms with E-state index in [-0.39, 0.29) is 18.3 Å². The van der Waals surface area contributed by atoms with Gasteiger partial charge in [-0.3, -0.25) is 14.6 Å². The zero-order valence-electron chi connectivity index (χ0n) is 14.6. The van der Waals surface area contributed by atoms with E-state index in [4.69, 9.17) is 4.74 Å². The molecule has 1 N–H and O–H groups in total. The third kappa shape index (κ3) is 4.80. The first kappa shape index (κ1) is 18.8. The molecule has 1 aromatic heterocycles. The van der Waals surface area contributed by atoms with Crippen LogP contribution in [0.1, 0.15) is 21.5 Å². The van der Waals surface area contributed by atoms with Crippen molar-refractivity contribution >= 4 is 33.3 Å². The maximum absolute atomic E-state index is 12.7. The number of ketones is 1. The third-order valence-electron chi connectivity index (χ3n) is 3.86. The number of aromatic nitrogens is 1. The Bertz CT molecular complexity index is 974. The molecule has 1 amide bonds. The van der Waals surface area contributed by atoms with Crippen LogP contribution in [0.2, 0.25) is 0 Å². The number of halogens is 1. The summed E-state index contributed by atoms with van der Waals surface area (Å²) in [5.74, 6) is 0.197. The van der Waals surface area contributed by atoms with Gasteiger partial charge in [-0.2, -0.15) is 0 Å². The minimum Gasteiger partial charge on any atom is -0.483 e. The first-order valence-electron chi connectivity index (χ1n) is 8.27. The lowest BCUT2D eigenvalue weighted by atomic mass is 10.0. The van der Waals surface area contributed by atoms with Gasteiger partial charge in [0.25, 0.3) is 5.91 Å². The molecule has 0 fully saturated rings. The Morgan fingerprint density at radius 1 is 1.11 bits per heavy atom. The van der Waals surface area contributed by atoms with Crippen LogP contribution < -0.4 is 10.1 Å². The van der Waals surface area contributed by atoms with Crippen molar-refractivity contribution < 1.29 is 14.3 Å². The Balaban J connectivity index is 1.65. The summed E-state index contributed by atoms with van der Waals surface area (Å²) < 4.78 is 6.33. The van der Waals surface area contributed by atoms with Gasteiger partial charge in [0, 0.05) is 21.8 Å². The van der Waals surface area contributed by atoms with Crippen molar-refractivity contribution in [1.29, 1.82) is 0 Å². The number of ether oxygens (including phenoxy) is 1. The van der Waals surface area contributed by atoms with Crippen molar-refractivity contribution in [2.75, 3.05) is 11.9 Å². The molecule has 0 radical (unpaired) electrons. The first-order valence-corrected chi connectivity index (χ1v) is 9.06. The van der Waals surface area contributed by atoms with Gasteiger partial charge in [-0.15, -0.1) is 0 Å². The topological polar surface area (TPSA) is 68.3 Å². The quantitative estimate of drug-likeness (QED) is 0.595. The van der Waals surface area contributed by atoms with E-state index < -0.39 is 0 Å². The second-order valence-corrected chi connectivity index (χ2v) is 6.72. The molecule has 0 bridgehead atoms. The molecule has 0 aliphatic carbocycles. The zero-order chi connectivity index (χ0) is 19.2. The molecule has 3 rings (SSSR count). The number of carbonyl (C=O) groups excluding carboxylic acids is 2. The van der Waals surface area contributed by atoms with Crippen molar-refractivity contribution in [3.8, 4) is 5.75 Å². The number of hydrogen-bond acceptors (Lipinski definition) is 4. The van der Waals surface area contributed by atoms with Crippen LogP contribution in [0.15, 0.2) is 71.5 Å². The zero-order valence-corrected chi connectivity index (χ0v) is 16.2. The number of carbonyl (C=O) groups is 2. The summed E-state index contributed by atoms with van der Waals surface area (Å²) in [4.78, 5) is 28.6. The summed E-state index contributed by atoms with van der Waals surface area (Å²) in [7, 11) is 0. The smallest absolute Gasteiger partial charge is 0.262 e.